The molecule has 0 aromatic heterocycles. The molecule has 2 rings (SSSR count). The first-order valence-corrected chi connectivity index (χ1v) is 6.30. The van der Waals surface area contributed by atoms with Gasteiger partial charge >= 0.3 is 0 Å². The molecule has 0 bridgehead atoms. The third kappa shape index (κ3) is 4.57. The van der Waals surface area contributed by atoms with Crippen LogP contribution < -0.4 is 10.5 Å². The fourth-order valence-corrected chi connectivity index (χ4v) is 2.29. The minimum atomic E-state index is 0. The van der Waals surface area contributed by atoms with E-state index in [9.17, 15) is 0 Å². The minimum Gasteiger partial charge on any atom is -0.493 e. The van der Waals surface area contributed by atoms with Gasteiger partial charge in [0.2, 0.25) is 0 Å². The van der Waals surface area contributed by atoms with E-state index >= 15 is 0 Å². The maximum absolute atomic E-state index is 5.80. The highest BCUT2D eigenvalue weighted by Crippen LogP contribution is 2.24. The fourth-order valence-electron chi connectivity index (χ4n) is 2.29. The number of rotatable bonds is 4. The zero-order valence-corrected chi connectivity index (χ0v) is 11.0. The number of benzene rings is 1. The van der Waals surface area contributed by atoms with Crippen LogP contribution in [0.3, 0.4) is 0 Å². The Morgan fingerprint density at radius 1 is 1.06 bits per heavy atom. The molecule has 1 aromatic carbocycles. The van der Waals surface area contributed by atoms with Crippen molar-refractivity contribution in [3.8, 4) is 5.75 Å². The monoisotopic (exact) mass is 255 g/mol. The van der Waals surface area contributed by atoms with Crippen molar-refractivity contribution in [1.29, 1.82) is 0 Å². The smallest absolute Gasteiger partial charge is 0.119 e. The van der Waals surface area contributed by atoms with Gasteiger partial charge < -0.3 is 10.5 Å². The zero-order valence-electron chi connectivity index (χ0n) is 10.2. The fraction of sp³-hybridized carbons (Fsp3) is 0.571. The molecule has 0 saturated heterocycles. The molecule has 2 N–H and O–H groups in total. The Hall–Kier alpha value is -0.730. The standard InChI is InChI=1S/C14H21NO.ClH/c15-10-12-6-8-14(9-7-12)16-11-13-4-2-1-3-5-13;/h6-9,13H,1-5,10-11,15H2;1H. The molecule has 0 atom stereocenters. The summed E-state index contributed by atoms with van der Waals surface area (Å²) in [6, 6.07) is 8.11. The average molecular weight is 256 g/mol. The predicted molar refractivity (Wildman–Crippen MR) is 73.7 cm³/mol. The lowest BCUT2D eigenvalue weighted by Gasteiger charge is -2.21. The topological polar surface area (TPSA) is 35.2 Å². The molecule has 0 spiro atoms. The number of hydrogen-bond donors (Lipinski definition) is 1. The van der Waals surface area contributed by atoms with E-state index in [4.69, 9.17) is 10.5 Å². The SMILES string of the molecule is Cl.NCc1ccc(OCC2CCCCC2)cc1. The maximum atomic E-state index is 5.80. The molecule has 1 fully saturated rings. The van der Waals surface area contributed by atoms with Crippen LogP contribution in [0.15, 0.2) is 24.3 Å². The van der Waals surface area contributed by atoms with Crippen LogP contribution in [0.2, 0.25) is 0 Å². The third-order valence-corrected chi connectivity index (χ3v) is 3.37. The second-order valence-electron chi connectivity index (χ2n) is 4.66. The van der Waals surface area contributed by atoms with Crippen LogP contribution in [0.25, 0.3) is 0 Å². The number of nitrogens with two attached hydrogens (primary N) is 1. The zero-order chi connectivity index (χ0) is 11.2. The highest BCUT2D eigenvalue weighted by atomic mass is 35.5. The number of hydrogen-bond acceptors (Lipinski definition) is 2. The van der Waals surface area contributed by atoms with E-state index in [1.165, 1.54) is 32.1 Å². The minimum absolute atomic E-state index is 0. The van der Waals surface area contributed by atoms with Crippen LogP contribution >= 0.6 is 12.4 Å². The van der Waals surface area contributed by atoms with Crippen molar-refractivity contribution in [2.24, 2.45) is 11.7 Å². The second-order valence-corrected chi connectivity index (χ2v) is 4.66. The van der Waals surface area contributed by atoms with Gasteiger partial charge in [0, 0.05) is 6.54 Å². The molecule has 0 aliphatic heterocycles. The molecule has 1 aromatic rings. The largest absolute Gasteiger partial charge is 0.493 e. The number of ether oxygens (including phenoxy) is 1. The van der Waals surface area contributed by atoms with Gasteiger partial charge in [-0.25, -0.2) is 0 Å². The van der Waals surface area contributed by atoms with Gasteiger partial charge in [-0.3, -0.25) is 0 Å². The van der Waals surface area contributed by atoms with E-state index < -0.39 is 0 Å². The summed E-state index contributed by atoms with van der Waals surface area (Å²) < 4.78 is 5.80. The van der Waals surface area contributed by atoms with Gasteiger partial charge in [0.1, 0.15) is 5.75 Å². The molecule has 0 amide bonds. The summed E-state index contributed by atoms with van der Waals surface area (Å²) in [7, 11) is 0. The average Bonchev–Trinajstić information content (AvgIpc) is 2.38. The van der Waals surface area contributed by atoms with Gasteiger partial charge in [-0.15, -0.1) is 12.4 Å². The van der Waals surface area contributed by atoms with Gasteiger partial charge in [0.25, 0.3) is 0 Å². The van der Waals surface area contributed by atoms with Gasteiger partial charge in [0.05, 0.1) is 6.61 Å². The summed E-state index contributed by atoms with van der Waals surface area (Å²) in [6.45, 7) is 1.48. The highest BCUT2D eigenvalue weighted by Gasteiger charge is 2.13. The van der Waals surface area contributed by atoms with Crippen LogP contribution in [0.1, 0.15) is 37.7 Å². The van der Waals surface area contributed by atoms with Crippen LogP contribution in [0, 0.1) is 5.92 Å². The van der Waals surface area contributed by atoms with E-state index in [1.807, 2.05) is 24.3 Å². The summed E-state index contributed by atoms with van der Waals surface area (Å²) in [6.07, 6.45) is 6.82. The molecule has 17 heavy (non-hydrogen) atoms. The van der Waals surface area contributed by atoms with Crippen LogP contribution in [-0.2, 0) is 6.54 Å². The third-order valence-electron chi connectivity index (χ3n) is 3.37. The Bertz CT molecular complexity index is 307. The molecule has 1 saturated carbocycles. The van der Waals surface area contributed by atoms with E-state index in [-0.39, 0.29) is 12.4 Å². The Kier molecular flexibility index (Phi) is 6.38. The molecule has 1 aliphatic rings. The molecule has 96 valence electrons. The molecule has 0 heterocycles. The van der Waals surface area contributed by atoms with Crippen molar-refractivity contribution in [3.05, 3.63) is 29.8 Å². The van der Waals surface area contributed by atoms with Gasteiger partial charge in [-0.1, -0.05) is 31.4 Å². The van der Waals surface area contributed by atoms with Crippen LogP contribution in [0.4, 0.5) is 0 Å². The lowest BCUT2D eigenvalue weighted by Crippen LogP contribution is -2.15. The van der Waals surface area contributed by atoms with Crippen LogP contribution in [-0.4, -0.2) is 6.61 Å². The highest BCUT2D eigenvalue weighted by molar-refractivity contribution is 5.85. The van der Waals surface area contributed by atoms with Gasteiger partial charge in [0.15, 0.2) is 0 Å². The normalized spacial score (nSPS) is 16.3. The first-order chi connectivity index (χ1) is 7.88. The molecule has 1 aliphatic carbocycles. The van der Waals surface area contributed by atoms with Gasteiger partial charge in [-0.2, -0.15) is 0 Å². The van der Waals surface area contributed by atoms with E-state index in [0.29, 0.717) is 6.54 Å². The van der Waals surface area contributed by atoms with Crippen molar-refractivity contribution in [1.82, 2.24) is 0 Å². The molecular weight excluding hydrogens is 234 g/mol. The van der Waals surface area contributed by atoms with Crippen molar-refractivity contribution >= 4 is 12.4 Å². The first-order valence-electron chi connectivity index (χ1n) is 6.30. The lowest BCUT2D eigenvalue weighted by molar-refractivity contribution is 0.209. The quantitative estimate of drug-likeness (QED) is 0.893. The number of halogens is 1. The van der Waals surface area contributed by atoms with Crippen LogP contribution in [0.5, 0.6) is 5.75 Å². The Balaban J connectivity index is 0.00000144. The van der Waals surface area contributed by atoms with E-state index in [1.54, 1.807) is 0 Å². The predicted octanol–water partition coefficient (Wildman–Crippen LogP) is 3.53. The Morgan fingerprint density at radius 3 is 2.29 bits per heavy atom. The molecule has 0 radical (unpaired) electrons. The molecule has 0 unspecified atom stereocenters. The van der Waals surface area contributed by atoms with Crippen molar-refractivity contribution < 1.29 is 4.74 Å². The van der Waals surface area contributed by atoms with Gasteiger partial charge in [-0.05, 0) is 36.5 Å². The molecule has 2 nitrogen and oxygen atoms in total. The van der Waals surface area contributed by atoms with E-state index in [2.05, 4.69) is 0 Å². The van der Waals surface area contributed by atoms with E-state index in [0.717, 1.165) is 23.8 Å². The van der Waals surface area contributed by atoms with Crippen molar-refractivity contribution in [2.45, 2.75) is 38.6 Å². The second kappa shape index (κ2) is 7.57. The summed E-state index contributed by atoms with van der Waals surface area (Å²) in [5, 5.41) is 0. The van der Waals surface area contributed by atoms with Crippen molar-refractivity contribution in [2.75, 3.05) is 6.61 Å². The van der Waals surface area contributed by atoms with Crippen molar-refractivity contribution in [3.63, 3.8) is 0 Å². The first kappa shape index (κ1) is 14.3. The molecular formula is C14H22ClNO. The summed E-state index contributed by atoms with van der Waals surface area (Å²) in [5.74, 6) is 1.74. The molecule has 3 heteroatoms. The summed E-state index contributed by atoms with van der Waals surface area (Å²) in [5.41, 5.74) is 6.71. The summed E-state index contributed by atoms with van der Waals surface area (Å²) in [4.78, 5) is 0. The lowest BCUT2D eigenvalue weighted by atomic mass is 9.90. The Labute approximate surface area is 110 Å². The Morgan fingerprint density at radius 2 is 1.71 bits per heavy atom. The summed E-state index contributed by atoms with van der Waals surface area (Å²) >= 11 is 0. The maximum Gasteiger partial charge on any atom is 0.119 e.